The molecule has 1 aliphatic rings. The van der Waals surface area contributed by atoms with Crippen molar-refractivity contribution in [1.29, 1.82) is 0 Å². The summed E-state index contributed by atoms with van der Waals surface area (Å²) in [5, 5.41) is 24.5. The van der Waals surface area contributed by atoms with Crippen LogP contribution in [0.25, 0.3) is 0 Å². The lowest BCUT2D eigenvalue weighted by Crippen LogP contribution is -2.66. The van der Waals surface area contributed by atoms with Crippen molar-refractivity contribution in [1.82, 2.24) is 0 Å². The molecule has 5 atom stereocenters. The van der Waals surface area contributed by atoms with Gasteiger partial charge in [-0.25, -0.2) is 0 Å². The topological polar surface area (TPSA) is 77.4 Å². The minimum absolute atomic E-state index is 0.00631. The summed E-state index contributed by atoms with van der Waals surface area (Å²) in [6, 6.07) is 21.4. The molecule has 2 N–H and O–H groups in total. The zero-order valence-electron chi connectivity index (χ0n) is 37.0. The van der Waals surface area contributed by atoms with Crippen molar-refractivity contribution in [2.75, 3.05) is 6.61 Å². The van der Waals surface area contributed by atoms with Gasteiger partial charge in [0, 0.05) is 6.42 Å². The fourth-order valence-corrected chi connectivity index (χ4v) is 13.6. The number of rotatable bonds is 17. The van der Waals surface area contributed by atoms with E-state index >= 15 is 0 Å². The van der Waals surface area contributed by atoms with Crippen molar-refractivity contribution >= 4 is 35.3 Å². The highest BCUT2D eigenvalue weighted by atomic mass is 28.4. The third-order valence-electron chi connectivity index (χ3n) is 11.8. The highest BCUT2D eigenvalue weighted by Gasteiger charge is 2.50. The minimum atomic E-state index is -2.62. The minimum Gasteiger partial charge on any atom is -0.411 e. The maximum atomic E-state index is 12.1. The molecule has 56 heavy (non-hydrogen) atoms. The Hall–Kier alpha value is -2.45. The maximum absolute atomic E-state index is 12.1. The fraction of sp³-hybridized carbons (Fsp3) is 0.532. The van der Waals surface area contributed by atoms with Crippen LogP contribution >= 0.6 is 0 Å². The van der Waals surface area contributed by atoms with Gasteiger partial charge >= 0.3 is 0 Å². The van der Waals surface area contributed by atoms with Crippen molar-refractivity contribution in [2.24, 2.45) is 0 Å². The molecule has 1 unspecified atom stereocenters. The summed E-state index contributed by atoms with van der Waals surface area (Å²) < 4.78 is 26.8. The number of aliphatic hydroxyl groups is 2. The lowest BCUT2D eigenvalue weighted by molar-refractivity contribution is -0.0958. The molecule has 9 heteroatoms. The number of aliphatic hydroxyl groups excluding tert-OH is 1. The van der Waals surface area contributed by atoms with Crippen LogP contribution in [0, 0.1) is 0 Å². The van der Waals surface area contributed by atoms with Crippen LogP contribution < -0.4 is 10.4 Å². The zero-order chi connectivity index (χ0) is 42.1. The predicted octanol–water partition coefficient (Wildman–Crippen LogP) is 10.4. The summed E-state index contributed by atoms with van der Waals surface area (Å²) in [4.78, 5) is 0. The first-order valence-electron chi connectivity index (χ1n) is 20.3. The normalized spacial score (nSPS) is 20.4. The predicted molar refractivity (Wildman–Crippen MR) is 244 cm³/mol. The van der Waals surface area contributed by atoms with Gasteiger partial charge in [0.25, 0.3) is 8.32 Å². The van der Waals surface area contributed by atoms with Crippen LogP contribution in [-0.2, 0) is 18.0 Å². The Labute approximate surface area is 343 Å². The fourth-order valence-electron chi connectivity index (χ4n) is 6.40. The first kappa shape index (κ1) is 47.9. The van der Waals surface area contributed by atoms with Gasteiger partial charge in [-0.2, -0.15) is 0 Å². The summed E-state index contributed by atoms with van der Waals surface area (Å²) in [5.74, 6) is 0. The van der Waals surface area contributed by atoms with E-state index in [1.165, 1.54) is 10.4 Å². The Morgan fingerprint density at radius 3 is 1.75 bits per heavy atom. The Bertz CT molecular complexity index is 1600. The van der Waals surface area contributed by atoms with Gasteiger partial charge in [0.2, 0.25) is 0 Å². The van der Waals surface area contributed by atoms with Crippen LogP contribution in [0.1, 0.15) is 82.1 Å². The average Bonchev–Trinajstić information content (AvgIpc) is 3.09. The van der Waals surface area contributed by atoms with E-state index in [1.807, 2.05) is 43.4 Å². The summed E-state index contributed by atoms with van der Waals surface area (Å²) in [7, 11) is -7.16. The molecule has 6 nitrogen and oxygen atoms in total. The van der Waals surface area contributed by atoms with Crippen LogP contribution in [-0.4, -0.2) is 72.0 Å². The van der Waals surface area contributed by atoms with Gasteiger partial charge in [0.15, 0.2) is 22.9 Å². The van der Waals surface area contributed by atoms with Crippen LogP contribution in [0.15, 0.2) is 121 Å². The second-order valence-electron chi connectivity index (χ2n) is 19.5. The number of benzene rings is 2. The number of hydrogen-bond donors (Lipinski definition) is 2. The van der Waals surface area contributed by atoms with E-state index in [2.05, 4.69) is 161 Å². The maximum Gasteiger partial charge on any atom is 0.261 e. The molecule has 0 bridgehead atoms. The summed E-state index contributed by atoms with van der Waals surface area (Å²) >= 11 is 0. The van der Waals surface area contributed by atoms with E-state index < -0.39 is 42.9 Å². The summed E-state index contributed by atoms with van der Waals surface area (Å²) in [5.41, 5.74) is -1.32. The Kier molecular flexibility index (Phi) is 16.7. The molecule has 0 radical (unpaired) electrons. The van der Waals surface area contributed by atoms with Gasteiger partial charge in [-0.15, -0.1) is 0 Å². The Morgan fingerprint density at radius 2 is 1.25 bits per heavy atom. The Morgan fingerprint density at radius 1 is 0.732 bits per heavy atom. The highest BCUT2D eigenvalue weighted by Crippen LogP contribution is 2.42. The van der Waals surface area contributed by atoms with Crippen LogP contribution in [0.5, 0.6) is 0 Å². The van der Waals surface area contributed by atoms with E-state index in [9.17, 15) is 10.2 Å². The SMILES string of the molecule is CC(C)(C)[Si](C)(C)O[C@@H](\C=C/C=C\C=C\CO[Si](c1ccccc1)(c1ccccc1)C(C)(C)C)C[C@@H](O[Si](C)(C)C(C)(C)C)[C@](C)(O)C=C[C@H]1CC=CC(O)O1. The van der Waals surface area contributed by atoms with Crippen molar-refractivity contribution in [2.45, 2.75) is 154 Å². The monoisotopic (exact) mass is 818 g/mol. The van der Waals surface area contributed by atoms with Crippen LogP contribution in [0.4, 0.5) is 0 Å². The van der Waals surface area contributed by atoms with Gasteiger partial charge < -0.3 is 28.2 Å². The van der Waals surface area contributed by atoms with E-state index in [0.717, 1.165) is 0 Å². The number of hydrogen-bond acceptors (Lipinski definition) is 6. The van der Waals surface area contributed by atoms with Crippen molar-refractivity contribution in [3.05, 3.63) is 121 Å². The third-order valence-corrected chi connectivity index (χ3v) is 25.8. The largest absolute Gasteiger partial charge is 0.411 e. The van der Waals surface area contributed by atoms with E-state index in [1.54, 1.807) is 12.2 Å². The molecule has 0 spiro atoms. The smallest absolute Gasteiger partial charge is 0.261 e. The molecule has 0 aliphatic carbocycles. The molecule has 2 aromatic carbocycles. The molecule has 1 heterocycles. The van der Waals surface area contributed by atoms with Crippen molar-refractivity contribution < 1.29 is 28.2 Å². The second-order valence-corrected chi connectivity index (χ2v) is 33.3. The number of ether oxygens (including phenoxy) is 1. The van der Waals surface area contributed by atoms with Crippen LogP contribution in [0.2, 0.25) is 41.3 Å². The molecule has 310 valence electrons. The third kappa shape index (κ3) is 13.0. The molecular formula is C47H74O6Si3. The molecule has 0 fully saturated rings. The van der Waals surface area contributed by atoms with E-state index in [-0.39, 0.29) is 27.3 Å². The summed E-state index contributed by atoms with van der Waals surface area (Å²) in [6.45, 7) is 31.5. The standard InChI is InChI=1S/C47H74O6Si3/c1-44(2,3)54(11,12)52-39(37-42(53-55(13,14)45(4,5)6)47(10,49)35-34-38-28-26-33-43(48)51-38)27-20-16-15-17-25-36-50-56(46(7,8)9,40-29-21-18-22-30-40)41-31-23-19-24-32-41/h15-27,29-35,38-39,42-43,48-49H,28,36-37H2,1-14H3/b16-15-,25-17+,27-20-,35-34?/t38-,39+,42-,43?,47-/m1/s1. The van der Waals surface area contributed by atoms with Crippen LogP contribution in [0.3, 0.4) is 0 Å². The molecule has 2 aromatic rings. The van der Waals surface area contributed by atoms with Crippen molar-refractivity contribution in [3.8, 4) is 0 Å². The highest BCUT2D eigenvalue weighted by molar-refractivity contribution is 6.99. The lowest BCUT2D eigenvalue weighted by atomic mass is 9.93. The zero-order valence-corrected chi connectivity index (χ0v) is 40.0. The number of allylic oxidation sites excluding steroid dienone is 4. The molecule has 0 aromatic heterocycles. The molecule has 3 rings (SSSR count). The van der Waals surface area contributed by atoms with Gasteiger partial charge in [-0.1, -0.05) is 178 Å². The van der Waals surface area contributed by atoms with Gasteiger partial charge in [-0.05, 0) is 71.1 Å². The quantitative estimate of drug-likeness (QED) is 0.0941. The molecule has 0 saturated carbocycles. The average molecular weight is 819 g/mol. The second kappa shape index (κ2) is 19.5. The first-order chi connectivity index (χ1) is 25.8. The first-order valence-corrected chi connectivity index (χ1v) is 28.1. The summed E-state index contributed by atoms with van der Waals surface area (Å²) in [6.07, 6.45) is 18.5. The molecule has 1 aliphatic heterocycles. The molecule has 0 amide bonds. The lowest BCUT2D eigenvalue weighted by Gasteiger charge is -2.45. The van der Waals surface area contributed by atoms with Gasteiger partial charge in [0.05, 0.1) is 24.9 Å². The van der Waals surface area contributed by atoms with Gasteiger partial charge in [-0.3, -0.25) is 0 Å². The van der Waals surface area contributed by atoms with Crippen molar-refractivity contribution in [3.63, 3.8) is 0 Å². The molecular weight excluding hydrogens is 745 g/mol. The van der Waals surface area contributed by atoms with E-state index in [0.29, 0.717) is 19.4 Å². The Balaban J connectivity index is 1.89. The van der Waals surface area contributed by atoms with Gasteiger partial charge in [0.1, 0.15) is 5.60 Å². The van der Waals surface area contributed by atoms with E-state index in [4.69, 9.17) is 18.0 Å². The molecule has 0 saturated heterocycles.